The van der Waals surface area contributed by atoms with E-state index >= 15 is 0 Å². The summed E-state index contributed by atoms with van der Waals surface area (Å²) in [5.41, 5.74) is 2.72. The molecule has 27 heavy (non-hydrogen) atoms. The van der Waals surface area contributed by atoms with Gasteiger partial charge >= 0.3 is 0 Å². The Kier molecular flexibility index (Phi) is 4.28. The third kappa shape index (κ3) is 3.01. The van der Waals surface area contributed by atoms with Gasteiger partial charge in [0.05, 0.1) is 18.1 Å². The van der Waals surface area contributed by atoms with Crippen LogP contribution in [0.1, 0.15) is 23.7 Å². The van der Waals surface area contributed by atoms with Crippen molar-refractivity contribution < 1.29 is 14.3 Å². The van der Waals surface area contributed by atoms with Gasteiger partial charge in [0.25, 0.3) is 0 Å². The molecule has 4 aromatic rings. The first-order valence-corrected chi connectivity index (χ1v) is 8.86. The second-order valence-corrected chi connectivity index (χ2v) is 6.40. The van der Waals surface area contributed by atoms with Crippen molar-refractivity contribution >= 4 is 27.7 Å². The number of ether oxygens (including phenoxy) is 2. The zero-order valence-corrected chi connectivity index (χ0v) is 15.5. The number of methoxy groups -OCH3 is 1. The quantitative estimate of drug-likeness (QED) is 0.492. The molecule has 0 aliphatic heterocycles. The summed E-state index contributed by atoms with van der Waals surface area (Å²) in [4.78, 5) is 16.4. The maximum Gasteiger partial charge on any atom is 0.230 e. The molecule has 2 aromatic carbocycles. The van der Waals surface area contributed by atoms with E-state index in [1.54, 1.807) is 24.1 Å². The molecule has 0 saturated carbocycles. The molecule has 2 aromatic heterocycles. The van der Waals surface area contributed by atoms with Crippen molar-refractivity contribution in [2.45, 2.75) is 20.3 Å². The molecule has 136 valence electrons. The molecule has 4 rings (SSSR count). The normalized spacial score (nSPS) is 11.1. The number of carbonyl (C=O) groups excluding carboxylic acids is 1. The number of fused-ring (bicyclic) bond motifs is 2. The highest BCUT2D eigenvalue weighted by Gasteiger charge is 2.11. The smallest absolute Gasteiger partial charge is 0.230 e. The molecule has 0 fully saturated rings. The summed E-state index contributed by atoms with van der Waals surface area (Å²) >= 11 is 0. The Bertz CT molecular complexity index is 1160. The van der Waals surface area contributed by atoms with E-state index in [9.17, 15) is 4.79 Å². The lowest BCUT2D eigenvalue weighted by Crippen LogP contribution is -2.06. The minimum atomic E-state index is 0.0724. The van der Waals surface area contributed by atoms with E-state index < -0.39 is 0 Å². The van der Waals surface area contributed by atoms with Crippen molar-refractivity contribution in [3.8, 4) is 17.2 Å². The predicted octanol–water partition coefficient (Wildman–Crippen LogP) is 5.35. The largest absolute Gasteiger partial charge is 0.496 e. The van der Waals surface area contributed by atoms with Crippen molar-refractivity contribution in [1.29, 1.82) is 0 Å². The number of nitrogens with zero attached hydrogens (tertiary/aromatic N) is 2. The molecule has 0 N–H and O–H groups in total. The SMILES string of the molecule is CCC(=O)n1ccc2cc(Oc3ccnc4cc(OC)c(C)cc34)ccc21. The zero-order valence-electron chi connectivity index (χ0n) is 15.5. The summed E-state index contributed by atoms with van der Waals surface area (Å²) in [5, 5.41) is 1.89. The number of carbonyl (C=O) groups is 1. The van der Waals surface area contributed by atoms with Gasteiger partial charge in [0.2, 0.25) is 5.91 Å². The fourth-order valence-corrected chi connectivity index (χ4v) is 3.26. The van der Waals surface area contributed by atoms with Gasteiger partial charge in [-0.05, 0) is 48.9 Å². The van der Waals surface area contributed by atoms with Crippen LogP contribution in [0.25, 0.3) is 21.8 Å². The Balaban J connectivity index is 1.74. The summed E-state index contributed by atoms with van der Waals surface area (Å²) in [7, 11) is 1.65. The van der Waals surface area contributed by atoms with Crippen molar-refractivity contribution in [3.05, 3.63) is 60.4 Å². The first-order valence-electron chi connectivity index (χ1n) is 8.86. The third-order valence-corrected chi connectivity index (χ3v) is 4.68. The number of benzene rings is 2. The third-order valence-electron chi connectivity index (χ3n) is 4.68. The molecule has 0 radical (unpaired) electrons. The highest BCUT2D eigenvalue weighted by atomic mass is 16.5. The highest BCUT2D eigenvalue weighted by Crippen LogP contribution is 2.33. The topological polar surface area (TPSA) is 53.4 Å². The minimum Gasteiger partial charge on any atom is -0.496 e. The molecular weight excluding hydrogens is 340 g/mol. The van der Waals surface area contributed by atoms with E-state index in [1.165, 1.54) is 0 Å². The van der Waals surface area contributed by atoms with Crippen molar-refractivity contribution in [1.82, 2.24) is 9.55 Å². The maximum absolute atomic E-state index is 12.0. The molecular formula is C22H20N2O3. The van der Waals surface area contributed by atoms with Gasteiger partial charge in [-0.1, -0.05) is 6.92 Å². The van der Waals surface area contributed by atoms with Crippen molar-refractivity contribution in [2.75, 3.05) is 7.11 Å². The molecule has 0 aliphatic rings. The molecule has 5 heteroatoms. The van der Waals surface area contributed by atoms with Gasteiger partial charge in [-0.15, -0.1) is 0 Å². The summed E-state index contributed by atoms with van der Waals surface area (Å²) in [6, 6.07) is 13.4. The van der Waals surface area contributed by atoms with Gasteiger partial charge in [-0.3, -0.25) is 14.3 Å². The van der Waals surface area contributed by atoms with Crippen LogP contribution in [-0.4, -0.2) is 22.6 Å². The van der Waals surface area contributed by atoms with E-state index in [0.29, 0.717) is 12.2 Å². The number of aromatic nitrogens is 2. The zero-order chi connectivity index (χ0) is 19.0. The number of aryl methyl sites for hydroxylation is 1. The van der Waals surface area contributed by atoms with E-state index in [1.807, 2.05) is 56.3 Å². The van der Waals surface area contributed by atoms with Crippen LogP contribution in [-0.2, 0) is 0 Å². The summed E-state index contributed by atoms with van der Waals surface area (Å²) in [5.74, 6) is 2.32. The molecule has 0 saturated heterocycles. The Morgan fingerprint density at radius 3 is 2.74 bits per heavy atom. The Hall–Kier alpha value is -3.34. The summed E-state index contributed by atoms with van der Waals surface area (Å²) in [6.07, 6.45) is 3.99. The lowest BCUT2D eigenvalue weighted by Gasteiger charge is -2.11. The standard InChI is InChI=1S/C22H20N2O3/c1-4-22(25)24-10-8-15-12-16(5-6-19(15)24)27-20-7-9-23-18-13-21(26-3)14(2)11-17(18)20/h5-13H,4H2,1-3H3. The minimum absolute atomic E-state index is 0.0724. The highest BCUT2D eigenvalue weighted by molar-refractivity contribution is 5.93. The molecule has 0 atom stereocenters. The molecule has 0 amide bonds. The Labute approximate surface area is 157 Å². The number of hydrogen-bond donors (Lipinski definition) is 0. The molecule has 2 heterocycles. The van der Waals surface area contributed by atoms with Crippen LogP contribution < -0.4 is 9.47 Å². The maximum atomic E-state index is 12.0. The van der Waals surface area contributed by atoms with Crippen LogP contribution >= 0.6 is 0 Å². The molecule has 5 nitrogen and oxygen atoms in total. The van der Waals surface area contributed by atoms with Crippen LogP contribution in [0.3, 0.4) is 0 Å². The van der Waals surface area contributed by atoms with Gasteiger partial charge in [0, 0.05) is 35.7 Å². The number of hydrogen-bond acceptors (Lipinski definition) is 4. The second kappa shape index (κ2) is 6.76. The summed E-state index contributed by atoms with van der Waals surface area (Å²) in [6.45, 7) is 3.85. The van der Waals surface area contributed by atoms with Gasteiger partial charge in [0.15, 0.2) is 0 Å². The second-order valence-electron chi connectivity index (χ2n) is 6.40. The van der Waals surface area contributed by atoms with Crippen LogP contribution in [0.4, 0.5) is 0 Å². The molecule has 0 bridgehead atoms. The lowest BCUT2D eigenvalue weighted by atomic mass is 10.1. The van der Waals surface area contributed by atoms with Crippen LogP contribution in [0.15, 0.2) is 54.9 Å². The number of rotatable bonds is 4. The van der Waals surface area contributed by atoms with E-state index in [2.05, 4.69) is 4.98 Å². The van der Waals surface area contributed by atoms with Crippen LogP contribution in [0.5, 0.6) is 17.2 Å². The Morgan fingerprint density at radius 2 is 1.96 bits per heavy atom. The summed E-state index contributed by atoms with van der Waals surface area (Å²) < 4.78 is 13.2. The van der Waals surface area contributed by atoms with Crippen LogP contribution in [0.2, 0.25) is 0 Å². The number of pyridine rings is 1. The monoisotopic (exact) mass is 360 g/mol. The van der Waals surface area contributed by atoms with Gasteiger partial charge in [0.1, 0.15) is 17.2 Å². The average Bonchev–Trinajstić information content (AvgIpc) is 3.10. The molecule has 0 unspecified atom stereocenters. The van der Waals surface area contributed by atoms with Gasteiger partial charge in [-0.25, -0.2) is 0 Å². The van der Waals surface area contributed by atoms with E-state index in [-0.39, 0.29) is 5.91 Å². The average molecular weight is 360 g/mol. The molecule has 0 aliphatic carbocycles. The first kappa shape index (κ1) is 17.1. The predicted molar refractivity (Wildman–Crippen MR) is 106 cm³/mol. The van der Waals surface area contributed by atoms with Crippen LogP contribution in [0, 0.1) is 6.92 Å². The Morgan fingerprint density at radius 1 is 1.11 bits per heavy atom. The van der Waals surface area contributed by atoms with E-state index in [0.717, 1.165) is 38.9 Å². The van der Waals surface area contributed by atoms with Crippen molar-refractivity contribution in [3.63, 3.8) is 0 Å². The fraction of sp³-hybridized carbons (Fsp3) is 0.182. The fourth-order valence-electron chi connectivity index (χ4n) is 3.26. The first-order chi connectivity index (χ1) is 13.1. The van der Waals surface area contributed by atoms with Crippen molar-refractivity contribution in [2.24, 2.45) is 0 Å². The molecule has 0 spiro atoms. The lowest BCUT2D eigenvalue weighted by molar-refractivity contribution is 0.0914. The van der Waals surface area contributed by atoms with Gasteiger partial charge in [-0.2, -0.15) is 0 Å². The van der Waals surface area contributed by atoms with Gasteiger partial charge < -0.3 is 9.47 Å². The van der Waals surface area contributed by atoms with E-state index in [4.69, 9.17) is 9.47 Å².